The van der Waals surface area contributed by atoms with Gasteiger partial charge in [-0.3, -0.25) is 10.1 Å². The van der Waals surface area contributed by atoms with Crippen LogP contribution in [0.5, 0.6) is 5.75 Å². The summed E-state index contributed by atoms with van der Waals surface area (Å²) < 4.78 is 17.2. The molecule has 0 fully saturated rings. The van der Waals surface area contributed by atoms with Gasteiger partial charge in [-0.05, 0) is 32.9 Å². The van der Waals surface area contributed by atoms with Gasteiger partial charge in [-0.1, -0.05) is 0 Å². The van der Waals surface area contributed by atoms with E-state index >= 15 is 0 Å². The van der Waals surface area contributed by atoms with E-state index in [1.54, 1.807) is 20.8 Å². The van der Waals surface area contributed by atoms with Crippen molar-refractivity contribution >= 4 is 23.7 Å². The number of nitrogens with zero attached hydrogens (tertiary/aromatic N) is 3. The lowest BCUT2D eigenvalue weighted by atomic mass is 10.0. The van der Waals surface area contributed by atoms with Crippen LogP contribution in [0.15, 0.2) is 41.7 Å². The number of nitro benzene ring substituents is 1. The number of ether oxygens (including phenoxy) is 3. The highest BCUT2D eigenvalue weighted by Crippen LogP contribution is 2.24. The predicted molar refractivity (Wildman–Crippen MR) is 116 cm³/mol. The maximum absolute atomic E-state index is 12.4. The highest BCUT2D eigenvalue weighted by Gasteiger charge is 2.30. The Bertz CT molecular complexity index is 1140. The van der Waals surface area contributed by atoms with E-state index in [1.165, 1.54) is 35.1 Å². The molecule has 1 aliphatic rings. The summed E-state index contributed by atoms with van der Waals surface area (Å²) in [4.78, 5) is 47.1. The summed E-state index contributed by atoms with van der Waals surface area (Å²) in [6.45, 7) is 4.89. The molecular weight excluding hydrogens is 450 g/mol. The van der Waals surface area contributed by atoms with Crippen molar-refractivity contribution in [3.05, 3.63) is 57.5 Å². The molecule has 1 unspecified atom stereocenters. The minimum Gasteiger partial charge on any atom is -0.483 e. The molecule has 1 atom stereocenters. The molecule has 2 aromatic rings. The van der Waals surface area contributed by atoms with Gasteiger partial charge in [0.25, 0.3) is 5.69 Å². The van der Waals surface area contributed by atoms with Gasteiger partial charge in [0.05, 0.1) is 47.3 Å². The first-order valence-electron chi connectivity index (χ1n) is 10.4. The molecule has 34 heavy (non-hydrogen) atoms. The Kier molecular flexibility index (Phi) is 7.46. The first-order valence-corrected chi connectivity index (χ1v) is 10.4. The fourth-order valence-corrected chi connectivity index (χ4v) is 3.21. The fourth-order valence-electron chi connectivity index (χ4n) is 3.21. The zero-order chi connectivity index (χ0) is 24.8. The molecule has 0 spiro atoms. The molecule has 1 aliphatic heterocycles. The van der Waals surface area contributed by atoms with E-state index in [2.05, 4.69) is 15.7 Å². The molecule has 1 aromatic carbocycles. The molecule has 0 saturated heterocycles. The zero-order valence-electron chi connectivity index (χ0n) is 18.7. The van der Waals surface area contributed by atoms with E-state index in [9.17, 15) is 24.5 Å². The standard InChI is InChI=1S/C21H23N5O8/c1-4-32-19(27)17-12(3)22-21(29)23-15(17)11-34-16-10-25(24-18(16)20(28)33-5-2)13-6-8-14(9-7-13)26(30)31/h6-10,12H,4-5,11H2,1-3H3,(H2,22,23,29). The van der Waals surface area contributed by atoms with Crippen LogP contribution in [-0.4, -0.2) is 58.5 Å². The molecule has 0 aliphatic carbocycles. The quantitative estimate of drug-likeness (QED) is 0.314. The molecule has 0 saturated carbocycles. The lowest BCUT2D eigenvalue weighted by molar-refractivity contribution is -0.384. The molecule has 2 N–H and O–H groups in total. The van der Waals surface area contributed by atoms with Crippen LogP contribution in [0.2, 0.25) is 0 Å². The maximum Gasteiger partial charge on any atom is 0.362 e. The number of amides is 2. The molecule has 0 radical (unpaired) electrons. The first kappa shape index (κ1) is 24.2. The maximum atomic E-state index is 12.4. The average Bonchev–Trinajstić information content (AvgIpc) is 3.22. The molecule has 2 heterocycles. The summed E-state index contributed by atoms with van der Waals surface area (Å²) in [5.74, 6) is -1.35. The monoisotopic (exact) mass is 473 g/mol. The number of nitro groups is 1. The van der Waals surface area contributed by atoms with Gasteiger partial charge in [0.1, 0.15) is 6.61 Å². The van der Waals surface area contributed by atoms with Gasteiger partial charge in [-0.15, -0.1) is 0 Å². The van der Waals surface area contributed by atoms with Gasteiger partial charge < -0.3 is 24.8 Å². The predicted octanol–water partition coefficient (Wildman–Crippen LogP) is 1.85. The Labute approximate surface area is 193 Å². The van der Waals surface area contributed by atoms with E-state index in [-0.39, 0.29) is 48.2 Å². The van der Waals surface area contributed by atoms with E-state index in [0.29, 0.717) is 5.69 Å². The number of carbonyl (C=O) groups excluding carboxylic acids is 3. The lowest BCUT2D eigenvalue weighted by Crippen LogP contribution is -2.50. The average molecular weight is 473 g/mol. The minimum absolute atomic E-state index is 0.0212. The molecule has 13 nitrogen and oxygen atoms in total. The Morgan fingerprint density at radius 2 is 1.79 bits per heavy atom. The highest BCUT2D eigenvalue weighted by molar-refractivity contribution is 5.94. The largest absolute Gasteiger partial charge is 0.483 e. The number of nitrogens with one attached hydrogen (secondary N) is 2. The summed E-state index contributed by atoms with van der Waals surface area (Å²) in [6.07, 6.45) is 1.39. The summed E-state index contributed by atoms with van der Waals surface area (Å²) in [5, 5.41) is 20.2. The smallest absolute Gasteiger partial charge is 0.362 e. The number of hydrogen-bond acceptors (Lipinski definition) is 9. The van der Waals surface area contributed by atoms with Crippen LogP contribution in [0, 0.1) is 10.1 Å². The third kappa shape index (κ3) is 5.31. The molecule has 0 bridgehead atoms. The van der Waals surface area contributed by atoms with Crippen LogP contribution >= 0.6 is 0 Å². The van der Waals surface area contributed by atoms with Crippen molar-refractivity contribution in [1.82, 2.24) is 20.4 Å². The van der Waals surface area contributed by atoms with Crippen LogP contribution < -0.4 is 15.4 Å². The van der Waals surface area contributed by atoms with E-state index < -0.39 is 28.9 Å². The van der Waals surface area contributed by atoms with Gasteiger partial charge in [0.15, 0.2) is 5.75 Å². The highest BCUT2D eigenvalue weighted by atomic mass is 16.6. The van der Waals surface area contributed by atoms with Gasteiger partial charge in [-0.2, -0.15) is 5.10 Å². The molecule has 13 heteroatoms. The van der Waals surface area contributed by atoms with Gasteiger partial charge in [0.2, 0.25) is 5.69 Å². The normalized spacial score (nSPS) is 15.3. The Balaban J connectivity index is 1.93. The van der Waals surface area contributed by atoms with Crippen molar-refractivity contribution in [2.24, 2.45) is 0 Å². The van der Waals surface area contributed by atoms with Crippen LogP contribution in [-0.2, 0) is 14.3 Å². The summed E-state index contributed by atoms with van der Waals surface area (Å²) in [6, 6.07) is 4.36. The van der Waals surface area contributed by atoms with Gasteiger partial charge >= 0.3 is 18.0 Å². The van der Waals surface area contributed by atoms with E-state index in [0.717, 1.165) is 0 Å². The van der Waals surface area contributed by atoms with E-state index in [4.69, 9.17) is 14.2 Å². The second-order valence-electron chi connectivity index (χ2n) is 7.00. The molecular formula is C21H23N5O8. The van der Waals surface area contributed by atoms with Crippen molar-refractivity contribution in [3.63, 3.8) is 0 Å². The number of aromatic nitrogens is 2. The third-order valence-electron chi connectivity index (χ3n) is 4.71. The lowest BCUT2D eigenvalue weighted by Gasteiger charge is -2.26. The van der Waals surface area contributed by atoms with Crippen LogP contribution in [0.4, 0.5) is 10.5 Å². The molecule has 2 amide bonds. The number of hydrogen-bond donors (Lipinski definition) is 2. The zero-order valence-corrected chi connectivity index (χ0v) is 18.7. The third-order valence-corrected chi connectivity index (χ3v) is 4.71. The summed E-state index contributed by atoms with van der Waals surface area (Å²) >= 11 is 0. The van der Waals surface area contributed by atoms with Crippen molar-refractivity contribution in [3.8, 4) is 11.4 Å². The minimum atomic E-state index is -0.750. The molecule has 1 aromatic heterocycles. The van der Waals surface area contributed by atoms with Crippen molar-refractivity contribution in [2.45, 2.75) is 26.8 Å². The summed E-state index contributed by atoms with van der Waals surface area (Å²) in [5.41, 5.74) is 0.537. The van der Waals surface area contributed by atoms with Crippen molar-refractivity contribution in [1.29, 1.82) is 0 Å². The van der Waals surface area contributed by atoms with Gasteiger partial charge in [-0.25, -0.2) is 19.1 Å². The number of esters is 2. The van der Waals surface area contributed by atoms with Crippen LogP contribution in [0.25, 0.3) is 5.69 Å². The van der Waals surface area contributed by atoms with E-state index in [1.807, 2.05) is 0 Å². The van der Waals surface area contributed by atoms with Gasteiger partial charge in [0, 0.05) is 12.1 Å². The summed E-state index contributed by atoms with van der Waals surface area (Å²) in [7, 11) is 0. The number of benzene rings is 1. The van der Waals surface area contributed by atoms with Crippen molar-refractivity contribution < 1.29 is 33.5 Å². The number of urea groups is 1. The Morgan fingerprint density at radius 1 is 1.15 bits per heavy atom. The molecule has 3 rings (SSSR count). The number of non-ortho nitro benzene ring substituents is 1. The Hall–Kier alpha value is -4.42. The van der Waals surface area contributed by atoms with Crippen molar-refractivity contribution in [2.75, 3.05) is 19.8 Å². The number of carbonyl (C=O) groups is 3. The molecule has 180 valence electrons. The fraction of sp³-hybridized carbons (Fsp3) is 0.333. The Morgan fingerprint density at radius 3 is 2.41 bits per heavy atom. The second kappa shape index (κ2) is 10.5. The SMILES string of the molecule is CCOC(=O)C1=C(COc2cn(-c3ccc([N+](=O)[O-])cc3)nc2C(=O)OCC)NC(=O)NC1C. The number of rotatable bonds is 9. The van der Waals surface area contributed by atoms with Crippen LogP contribution in [0.1, 0.15) is 31.3 Å². The van der Waals surface area contributed by atoms with Crippen LogP contribution in [0.3, 0.4) is 0 Å². The first-order chi connectivity index (χ1) is 16.2. The topological polar surface area (TPSA) is 164 Å². The second-order valence-corrected chi connectivity index (χ2v) is 7.00.